The predicted octanol–water partition coefficient (Wildman–Crippen LogP) is 8.82. The quantitative estimate of drug-likeness (QED) is 0.266. The van der Waals surface area contributed by atoms with E-state index >= 15 is 0 Å². The van der Waals surface area contributed by atoms with Crippen molar-refractivity contribution in [3.8, 4) is 5.75 Å². The maximum absolute atomic E-state index is 12.4. The second-order valence-corrected chi connectivity index (χ2v) is 15.3. The molecule has 1 heterocycles. The maximum Gasteiger partial charge on any atom is 0.573 e. The molecule has 1 aliphatic carbocycles. The lowest BCUT2D eigenvalue weighted by Crippen LogP contribution is -2.50. The number of alkyl halides is 3. The molecule has 2 aromatic carbocycles. The molecule has 0 aromatic heterocycles. The molecule has 4 rings (SSSR count). The highest BCUT2D eigenvalue weighted by Gasteiger charge is 2.41. The third-order valence-electron chi connectivity index (χ3n) is 8.66. The molecule has 0 bridgehead atoms. The molecule has 34 heavy (non-hydrogen) atoms. The van der Waals surface area contributed by atoms with Crippen LogP contribution in [-0.2, 0) is 0 Å². The lowest BCUT2D eigenvalue weighted by Gasteiger charge is -2.43. The third kappa shape index (κ3) is 6.47. The van der Waals surface area contributed by atoms with Crippen molar-refractivity contribution in [3.05, 3.63) is 60.2 Å². The Bertz CT molecular complexity index is 864. The lowest BCUT2D eigenvalue weighted by atomic mass is 9.72. The summed E-state index contributed by atoms with van der Waals surface area (Å²) in [6.45, 7) is 2.30. The molecule has 0 unspecified atom stereocenters. The van der Waals surface area contributed by atoms with Crippen molar-refractivity contribution in [2.24, 2.45) is 11.8 Å². The zero-order chi connectivity index (χ0) is 24.0. The van der Waals surface area contributed by atoms with Crippen LogP contribution in [-0.4, -0.2) is 14.4 Å². The normalized spacial score (nSPS) is 27.9. The highest BCUT2D eigenvalue weighted by molar-refractivity contribution is 6.92. The molecule has 2 fully saturated rings. The SMILES string of the molecule is CCCCC[Si]1(c2ccccc2)CCC(C2CCC(c3ccc(OC(F)(F)F)cc3)CC2)CC1. The van der Waals surface area contributed by atoms with E-state index in [-0.39, 0.29) is 5.75 Å². The Morgan fingerprint density at radius 3 is 2.00 bits per heavy atom. The average Bonchev–Trinajstić information content (AvgIpc) is 2.85. The van der Waals surface area contributed by atoms with Crippen molar-refractivity contribution in [1.82, 2.24) is 0 Å². The minimum absolute atomic E-state index is 0.128. The van der Waals surface area contributed by atoms with Crippen molar-refractivity contribution in [3.63, 3.8) is 0 Å². The summed E-state index contributed by atoms with van der Waals surface area (Å²) >= 11 is 0. The average molecular weight is 489 g/mol. The van der Waals surface area contributed by atoms with Crippen molar-refractivity contribution in [1.29, 1.82) is 0 Å². The summed E-state index contributed by atoms with van der Waals surface area (Å²) in [5.41, 5.74) is 1.16. The van der Waals surface area contributed by atoms with Gasteiger partial charge in [0, 0.05) is 0 Å². The topological polar surface area (TPSA) is 9.23 Å². The lowest BCUT2D eigenvalue weighted by molar-refractivity contribution is -0.274. The Hall–Kier alpha value is -1.75. The third-order valence-corrected chi connectivity index (χ3v) is 14.0. The second-order valence-electron chi connectivity index (χ2n) is 10.7. The molecule has 5 heteroatoms. The van der Waals surface area contributed by atoms with E-state index in [0.717, 1.165) is 30.2 Å². The van der Waals surface area contributed by atoms with Crippen LogP contribution in [0.5, 0.6) is 5.75 Å². The van der Waals surface area contributed by atoms with Gasteiger partial charge in [0.25, 0.3) is 0 Å². The van der Waals surface area contributed by atoms with Gasteiger partial charge in [0.15, 0.2) is 0 Å². The summed E-state index contributed by atoms with van der Waals surface area (Å²) in [5.74, 6) is 2.02. The van der Waals surface area contributed by atoms with Gasteiger partial charge in [0.05, 0.1) is 8.07 Å². The molecule has 1 aliphatic heterocycles. The monoisotopic (exact) mass is 488 g/mol. The Kier molecular flexibility index (Phi) is 8.44. The van der Waals surface area contributed by atoms with Gasteiger partial charge in [-0.05, 0) is 61.1 Å². The van der Waals surface area contributed by atoms with E-state index in [1.54, 1.807) is 5.19 Å². The van der Waals surface area contributed by atoms with Crippen molar-refractivity contribution >= 4 is 13.3 Å². The molecule has 0 amide bonds. The highest BCUT2D eigenvalue weighted by atomic mass is 28.3. The Balaban J connectivity index is 1.31. The number of ether oxygens (including phenoxy) is 1. The van der Waals surface area contributed by atoms with E-state index in [1.807, 2.05) is 12.1 Å². The molecule has 1 saturated heterocycles. The van der Waals surface area contributed by atoms with Gasteiger partial charge in [-0.15, -0.1) is 13.2 Å². The number of benzene rings is 2. The summed E-state index contributed by atoms with van der Waals surface area (Å²) in [7, 11) is -1.38. The Labute approximate surface area is 204 Å². The second kappa shape index (κ2) is 11.3. The number of rotatable bonds is 8. The Morgan fingerprint density at radius 2 is 1.41 bits per heavy atom. The molecule has 1 nitrogen and oxygen atoms in total. The van der Waals surface area contributed by atoms with Gasteiger partial charge in [0.2, 0.25) is 0 Å². The smallest absolute Gasteiger partial charge is 0.406 e. The Morgan fingerprint density at radius 1 is 0.794 bits per heavy atom. The molecule has 0 atom stereocenters. The summed E-state index contributed by atoms with van der Waals surface area (Å²) < 4.78 is 41.3. The molecule has 186 valence electrons. The number of hydrogen-bond donors (Lipinski definition) is 0. The first-order chi connectivity index (χ1) is 16.4. The summed E-state index contributed by atoms with van der Waals surface area (Å²) in [6, 6.07) is 22.4. The first kappa shape index (κ1) is 25.3. The van der Waals surface area contributed by atoms with Gasteiger partial charge in [-0.3, -0.25) is 0 Å². The van der Waals surface area contributed by atoms with E-state index < -0.39 is 14.4 Å². The van der Waals surface area contributed by atoms with E-state index in [9.17, 15) is 13.2 Å². The summed E-state index contributed by atoms with van der Waals surface area (Å²) in [4.78, 5) is 0. The molecule has 0 N–H and O–H groups in total. The number of unbranched alkanes of at least 4 members (excludes halogenated alkanes) is 2. The molecule has 2 aliphatic rings. The predicted molar refractivity (Wildman–Crippen MR) is 136 cm³/mol. The van der Waals surface area contributed by atoms with Gasteiger partial charge in [0.1, 0.15) is 5.75 Å². The van der Waals surface area contributed by atoms with Crippen LogP contribution in [0.1, 0.15) is 76.2 Å². The molecule has 1 saturated carbocycles. The van der Waals surface area contributed by atoms with Crippen molar-refractivity contribution < 1.29 is 17.9 Å². The van der Waals surface area contributed by atoms with Gasteiger partial charge < -0.3 is 4.74 Å². The van der Waals surface area contributed by atoms with Gasteiger partial charge >= 0.3 is 6.36 Å². The zero-order valence-corrected chi connectivity index (χ0v) is 21.5. The van der Waals surface area contributed by atoms with Crippen LogP contribution in [0.3, 0.4) is 0 Å². The fourth-order valence-corrected chi connectivity index (χ4v) is 12.0. The molecule has 2 aromatic rings. The number of halogens is 3. The standard InChI is InChI=1S/C29H39F3OSi/c1-2-3-7-20-34(28-8-5-4-6-9-28)21-18-26(19-22-34)24-12-10-23(11-13-24)25-14-16-27(17-15-25)33-29(30,31)32/h4-6,8-9,14-17,23-24,26H,2-3,7,10-13,18-22H2,1H3. The van der Waals surface area contributed by atoms with E-state index in [1.165, 1.54) is 75.2 Å². The number of hydrogen-bond acceptors (Lipinski definition) is 1. The van der Waals surface area contributed by atoms with E-state index in [0.29, 0.717) is 5.92 Å². The largest absolute Gasteiger partial charge is 0.573 e. The van der Waals surface area contributed by atoms with Gasteiger partial charge in [-0.2, -0.15) is 0 Å². The molecular formula is C29H39F3OSi. The highest BCUT2D eigenvalue weighted by Crippen LogP contribution is 2.46. The van der Waals surface area contributed by atoms with Crippen LogP contribution < -0.4 is 9.92 Å². The molecule has 0 radical (unpaired) electrons. The minimum atomic E-state index is -4.63. The van der Waals surface area contributed by atoms with Crippen LogP contribution in [0.4, 0.5) is 13.2 Å². The summed E-state index contributed by atoms with van der Waals surface area (Å²) in [6.07, 6.45) is 7.02. The van der Waals surface area contributed by atoms with E-state index in [2.05, 4.69) is 42.0 Å². The maximum atomic E-state index is 12.4. The van der Waals surface area contributed by atoms with Crippen molar-refractivity contribution in [2.45, 2.75) is 95.1 Å². The van der Waals surface area contributed by atoms with Crippen LogP contribution in [0.15, 0.2) is 54.6 Å². The fourth-order valence-electron chi connectivity index (χ4n) is 6.72. The van der Waals surface area contributed by atoms with Crippen molar-refractivity contribution in [2.75, 3.05) is 0 Å². The zero-order valence-electron chi connectivity index (χ0n) is 20.5. The molecular weight excluding hydrogens is 449 g/mol. The van der Waals surface area contributed by atoms with Crippen LogP contribution >= 0.6 is 0 Å². The fraction of sp³-hybridized carbons (Fsp3) is 0.586. The van der Waals surface area contributed by atoms with Crippen LogP contribution in [0, 0.1) is 11.8 Å². The van der Waals surface area contributed by atoms with Gasteiger partial charge in [-0.1, -0.05) is 105 Å². The van der Waals surface area contributed by atoms with Crippen LogP contribution in [0.2, 0.25) is 18.1 Å². The first-order valence-electron chi connectivity index (χ1n) is 13.3. The van der Waals surface area contributed by atoms with Crippen LogP contribution in [0.25, 0.3) is 0 Å². The summed E-state index contributed by atoms with van der Waals surface area (Å²) in [5, 5.41) is 1.69. The molecule has 0 spiro atoms. The van der Waals surface area contributed by atoms with Gasteiger partial charge in [-0.25, -0.2) is 0 Å². The van der Waals surface area contributed by atoms with E-state index in [4.69, 9.17) is 0 Å². The minimum Gasteiger partial charge on any atom is -0.406 e. The first-order valence-corrected chi connectivity index (χ1v) is 15.9.